The van der Waals surface area contributed by atoms with Crippen molar-refractivity contribution in [1.82, 2.24) is 4.90 Å². The summed E-state index contributed by atoms with van der Waals surface area (Å²) in [6.07, 6.45) is 3.16. The molecule has 1 heterocycles. The van der Waals surface area contributed by atoms with Crippen LogP contribution in [0, 0.1) is 0 Å². The summed E-state index contributed by atoms with van der Waals surface area (Å²) < 4.78 is 5.31. The molecule has 4 atom stereocenters. The Kier molecular flexibility index (Phi) is 6.60. The van der Waals surface area contributed by atoms with Crippen molar-refractivity contribution in [2.24, 2.45) is 0 Å². The molecule has 128 valence electrons. The molecule has 1 aromatic carbocycles. The Balaban J connectivity index is 2.28. The maximum atomic E-state index is 12.4. The van der Waals surface area contributed by atoms with E-state index in [0.717, 1.165) is 19.3 Å². The van der Waals surface area contributed by atoms with Crippen LogP contribution >= 0.6 is 0 Å². The maximum Gasteiger partial charge on any atom is 0.323 e. The molecule has 1 fully saturated rings. The molecule has 4 nitrogen and oxygen atoms in total. The highest BCUT2D eigenvalue weighted by atomic mass is 16.5. The summed E-state index contributed by atoms with van der Waals surface area (Å²) in [5.74, 6) is -0.134. The van der Waals surface area contributed by atoms with Crippen molar-refractivity contribution in [2.45, 2.75) is 70.7 Å². The van der Waals surface area contributed by atoms with Crippen molar-refractivity contribution in [3.05, 3.63) is 35.9 Å². The molecule has 0 radical (unpaired) electrons. The van der Waals surface area contributed by atoms with E-state index in [0.29, 0.717) is 13.0 Å². The predicted octanol–water partition coefficient (Wildman–Crippen LogP) is 3.30. The summed E-state index contributed by atoms with van der Waals surface area (Å²) in [6, 6.07) is 10.4. The Bertz CT molecular complexity index is 489. The second-order valence-electron chi connectivity index (χ2n) is 6.47. The second-order valence-corrected chi connectivity index (χ2v) is 6.47. The van der Waals surface area contributed by atoms with Gasteiger partial charge in [0.1, 0.15) is 6.04 Å². The number of piperidine rings is 1. The molecule has 0 amide bonds. The topological polar surface area (TPSA) is 49.8 Å². The number of nitrogens with zero attached hydrogens (tertiary/aromatic N) is 1. The van der Waals surface area contributed by atoms with Gasteiger partial charge in [-0.3, -0.25) is 9.69 Å². The highest BCUT2D eigenvalue weighted by molar-refractivity contribution is 5.76. The number of carbonyl (C=O) groups excluding carboxylic acids is 1. The minimum atomic E-state index is -0.369. The largest absolute Gasteiger partial charge is 0.465 e. The van der Waals surface area contributed by atoms with Gasteiger partial charge < -0.3 is 9.84 Å². The van der Waals surface area contributed by atoms with E-state index in [1.807, 2.05) is 32.0 Å². The number of benzene rings is 1. The molecule has 4 heteroatoms. The summed E-state index contributed by atoms with van der Waals surface area (Å²) in [5, 5.41) is 9.86. The molecular weight excluding hydrogens is 290 g/mol. The van der Waals surface area contributed by atoms with Gasteiger partial charge >= 0.3 is 5.97 Å². The lowest BCUT2D eigenvalue weighted by Crippen LogP contribution is -2.52. The highest BCUT2D eigenvalue weighted by Gasteiger charge is 2.39. The van der Waals surface area contributed by atoms with Gasteiger partial charge in [0.25, 0.3) is 0 Å². The number of carbonyl (C=O) groups is 1. The molecule has 0 spiro atoms. The molecule has 1 aliphatic rings. The lowest BCUT2D eigenvalue weighted by Gasteiger charge is -2.45. The normalized spacial score (nSPS) is 24.9. The number of ether oxygens (including phenoxy) is 1. The third kappa shape index (κ3) is 4.55. The number of hydrogen-bond acceptors (Lipinski definition) is 4. The molecule has 0 bridgehead atoms. The average Bonchev–Trinajstić information content (AvgIpc) is 2.54. The van der Waals surface area contributed by atoms with E-state index in [1.165, 1.54) is 5.56 Å². The smallest absolute Gasteiger partial charge is 0.323 e. The number of hydrogen-bond donors (Lipinski definition) is 1. The van der Waals surface area contributed by atoms with Crippen molar-refractivity contribution in [3.8, 4) is 0 Å². The third-order valence-electron chi connectivity index (χ3n) is 4.70. The van der Waals surface area contributed by atoms with E-state index in [1.54, 1.807) is 0 Å². The molecule has 2 unspecified atom stereocenters. The van der Waals surface area contributed by atoms with Crippen LogP contribution in [0.4, 0.5) is 0 Å². The fourth-order valence-corrected chi connectivity index (χ4v) is 3.70. The lowest BCUT2D eigenvalue weighted by molar-refractivity contribution is -0.154. The Labute approximate surface area is 139 Å². The van der Waals surface area contributed by atoms with E-state index in [2.05, 4.69) is 24.0 Å². The highest BCUT2D eigenvalue weighted by Crippen LogP contribution is 2.34. The van der Waals surface area contributed by atoms with Gasteiger partial charge in [0.2, 0.25) is 0 Å². The lowest BCUT2D eigenvalue weighted by atomic mass is 9.89. The van der Waals surface area contributed by atoms with Crippen LogP contribution in [0.15, 0.2) is 30.3 Å². The fraction of sp³-hybridized carbons (Fsp3) is 0.632. The number of aliphatic hydroxyl groups excluding tert-OH is 1. The monoisotopic (exact) mass is 319 g/mol. The Morgan fingerprint density at radius 1 is 1.30 bits per heavy atom. The van der Waals surface area contributed by atoms with E-state index in [-0.39, 0.29) is 30.2 Å². The molecule has 1 aromatic rings. The van der Waals surface area contributed by atoms with Gasteiger partial charge in [-0.1, -0.05) is 30.3 Å². The molecule has 1 saturated heterocycles. The Hall–Kier alpha value is -1.39. The third-order valence-corrected chi connectivity index (χ3v) is 4.70. The molecule has 0 saturated carbocycles. The summed E-state index contributed by atoms with van der Waals surface area (Å²) in [4.78, 5) is 14.7. The molecule has 0 aromatic heterocycles. The average molecular weight is 319 g/mol. The van der Waals surface area contributed by atoms with Gasteiger partial charge in [0.05, 0.1) is 12.7 Å². The Morgan fingerprint density at radius 3 is 2.61 bits per heavy atom. The number of aliphatic hydroxyl groups is 1. The zero-order valence-electron chi connectivity index (χ0n) is 14.4. The minimum Gasteiger partial charge on any atom is -0.465 e. The standard InChI is InChI=1S/C19H29NO3/c1-4-23-19(22)18-12-8-11-17(13-14(2)21)20(18)15(3)16-9-6-5-7-10-16/h5-7,9-10,14-15,17-18,21H,4,8,11-13H2,1-3H3/t14?,15-,17?,18+/m0/s1. The van der Waals surface area contributed by atoms with Crippen molar-refractivity contribution in [3.63, 3.8) is 0 Å². The first-order chi connectivity index (χ1) is 11.0. The summed E-state index contributed by atoms with van der Waals surface area (Å²) in [7, 11) is 0. The summed E-state index contributed by atoms with van der Waals surface area (Å²) in [5.41, 5.74) is 1.19. The first kappa shape index (κ1) is 18.0. The van der Waals surface area contributed by atoms with Gasteiger partial charge in [-0.25, -0.2) is 0 Å². The zero-order chi connectivity index (χ0) is 16.8. The van der Waals surface area contributed by atoms with Gasteiger partial charge in [0, 0.05) is 12.1 Å². The van der Waals surface area contributed by atoms with E-state index in [9.17, 15) is 9.90 Å². The summed E-state index contributed by atoms with van der Waals surface area (Å²) >= 11 is 0. The summed E-state index contributed by atoms with van der Waals surface area (Å²) in [6.45, 7) is 6.21. The van der Waals surface area contributed by atoms with Crippen LogP contribution in [0.3, 0.4) is 0 Å². The van der Waals surface area contributed by atoms with Crippen molar-refractivity contribution in [2.75, 3.05) is 6.61 Å². The molecule has 1 aliphatic heterocycles. The first-order valence-electron chi connectivity index (χ1n) is 8.71. The molecule has 2 rings (SSSR count). The molecule has 1 N–H and O–H groups in total. The molecule has 23 heavy (non-hydrogen) atoms. The van der Waals surface area contributed by atoms with Crippen LogP contribution in [0.25, 0.3) is 0 Å². The van der Waals surface area contributed by atoms with Crippen LogP contribution in [-0.4, -0.2) is 40.8 Å². The van der Waals surface area contributed by atoms with Crippen LogP contribution in [-0.2, 0) is 9.53 Å². The van der Waals surface area contributed by atoms with Crippen molar-refractivity contribution in [1.29, 1.82) is 0 Å². The zero-order valence-corrected chi connectivity index (χ0v) is 14.4. The van der Waals surface area contributed by atoms with E-state index in [4.69, 9.17) is 4.74 Å². The van der Waals surface area contributed by atoms with Gasteiger partial charge in [-0.15, -0.1) is 0 Å². The SMILES string of the molecule is CCOC(=O)[C@H]1CCCC(CC(C)O)N1[C@@H](C)c1ccccc1. The van der Waals surface area contributed by atoms with E-state index >= 15 is 0 Å². The predicted molar refractivity (Wildman–Crippen MR) is 91.1 cm³/mol. The van der Waals surface area contributed by atoms with Gasteiger partial charge in [-0.05, 0) is 52.0 Å². The quantitative estimate of drug-likeness (QED) is 0.817. The van der Waals surface area contributed by atoms with Crippen LogP contribution < -0.4 is 0 Å². The van der Waals surface area contributed by atoms with Crippen LogP contribution in [0.5, 0.6) is 0 Å². The van der Waals surface area contributed by atoms with Gasteiger partial charge in [0.15, 0.2) is 0 Å². The maximum absolute atomic E-state index is 12.4. The number of esters is 1. The van der Waals surface area contributed by atoms with Crippen LogP contribution in [0.2, 0.25) is 0 Å². The van der Waals surface area contributed by atoms with E-state index < -0.39 is 0 Å². The Morgan fingerprint density at radius 2 is 2.00 bits per heavy atom. The number of rotatable bonds is 6. The first-order valence-corrected chi connectivity index (χ1v) is 8.71. The van der Waals surface area contributed by atoms with Crippen molar-refractivity contribution >= 4 is 5.97 Å². The van der Waals surface area contributed by atoms with Gasteiger partial charge in [-0.2, -0.15) is 0 Å². The fourth-order valence-electron chi connectivity index (χ4n) is 3.70. The number of likely N-dealkylation sites (tertiary alicyclic amines) is 1. The van der Waals surface area contributed by atoms with Crippen molar-refractivity contribution < 1.29 is 14.6 Å². The second kappa shape index (κ2) is 8.46. The van der Waals surface area contributed by atoms with Crippen LogP contribution in [0.1, 0.15) is 58.1 Å². The molecule has 0 aliphatic carbocycles. The molecular formula is C19H29NO3. The minimum absolute atomic E-state index is 0.120.